The highest BCUT2D eigenvalue weighted by Crippen LogP contribution is 2.16. The highest BCUT2D eigenvalue weighted by Gasteiger charge is 2.11. The lowest BCUT2D eigenvalue weighted by molar-refractivity contribution is -0.124. The zero-order valence-corrected chi connectivity index (χ0v) is 14.4. The van der Waals surface area contributed by atoms with Crippen molar-refractivity contribution in [3.05, 3.63) is 77.9 Å². The molecule has 0 radical (unpaired) electrons. The van der Waals surface area contributed by atoms with Crippen molar-refractivity contribution in [1.29, 1.82) is 0 Å². The number of hydrogen-bond donors (Lipinski definition) is 1. The Balaban J connectivity index is 1.52. The molecule has 26 heavy (non-hydrogen) atoms. The molecule has 1 N–H and O–H groups in total. The quantitative estimate of drug-likeness (QED) is 0.694. The van der Waals surface area contributed by atoms with E-state index < -0.39 is 5.97 Å². The number of benzene rings is 3. The van der Waals surface area contributed by atoms with Crippen LogP contribution >= 0.6 is 0 Å². The third kappa shape index (κ3) is 4.39. The highest BCUT2D eigenvalue weighted by molar-refractivity contribution is 5.96. The van der Waals surface area contributed by atoms with Crippen molar-refractivity contribution < 1.29 is 19.1 Å². The second kappa shape index (κ2) is 8.16. The molecular weight excluding hydrogens is 330 g/mol. The molecular formula is C21H19NO4. The van der Waals surface area contributed by atoms with Gasteiger partial charge in [-0.05, 0) is 40.6 Å². The maximum Gasteiger partial charge on any atom is 0.338 e. The number of hydrogen-bond acceptors (Lipinski definition) is 4. The molecule has 0 heterocycles. The van der Waals surface area contributed by atoms with E-state index in [0.717, 1.165) is 22.1 Å². The van der Waals surface area contributed by atoms with Crippen LogP contribution in [0.4, 0.5) is 0 Å². The maximum atomic E-state index is 12.1. The van der Waals surface area contributed by atoms with Crippen LogP contribution in [-0.4, -0.2) is 25.6 Å². The summed E-state index contributed by atoms with van der Waals surface area (Å²) in [6.45, 7) is 0.0131. The molecule has 0 saturated carbocycles. The predicted molar refractivity (Wildman–Crippen MR) is 99.1 cm³/mol. The summed E-state index contributed by atoms with van der Waals surface area (Å²) >= 11 is 0. The van der Waals surface area contributed by atoms with Crippen LogP contribution in [0.25, 0.3) is 10.8 Å². The van der Waals surface area contributed by atoms with Crippen LogP contribution in [0.5, 0.6) is 5.75 Å². The lowest BCUT2D eigenvalue weighted by atomic mass is 10.1. The molecule has 0 unspecified atom stereocenters. The molecule has 0 aliphatic heterocycles. The normalized spacial score (nSPS) is 10.3. The Kier molecular flexibility index (Phi) is 5.49. The molecule has 1 amide bonds. The lowest BCUT2D eigenvalue weighted by Crippen LogP contribution is -2.28. The summed E-state index contributed by atoms with van der Waals surface area (Å²) in [5.41, 5.74) is 1.32. The van der Waals surface area contributed by atoms with Crippen LogP contribution < -0.4 is 10.1 Å². The first-order valence-electron chi connectivity index (χ1n) is 8.21. The van der Waals surface area contributed by atoms with Crippen LogP contribution in [-0.2, 0) is 16.1 Å². The molecule has 0 saturated heterocycles. The van der Waals surface area contributed by atoms with E-state index in [9.17, 15) is 9.59 Å². The fraction of sp³-hybridized carbons (Fsp3) is 0.143. The van der Waals surface area contributed by atoms with Gasteiger partial charge in [-0.2, -0.15) is 0 Å². The molecule has 0 bridgehead atoms. The molecule has 3 aromatic rings. The van der Waals surface area contributed by atoms with Crippen molar-refractivity contribution in [1.82, 2.24) is 5.32 Å². The van der Waals surface area contributed by atoms with Crippen LogP contribution in [0.1, 0.15) is 15.9 Å². The summed E-state index contributed by atoms with van der Waals surface area (Å²) in [6, 6.07) is 20.4. The second-order valence-corrected chi connectivity index (χ2v) is 5.77. The van der Waals surface area contributed by atoms with Crippen molar-refractivity contribution in [3.63, 3.8) is 0 Å². The Morgan fingerprint density at radius 3 is 2.54 bits per heavy atom. The van der Waals surface area contributed by atoms with Gasteiger partial charge in [0.2, 0.25) is 0 Å². The zero-order chi connectivity index (χ0) is 18.4. The van der Waals surface area contributed by atoms with E-state index in [1.165, 1.54) is 0 Å². The van der Waals surface area contributed by atoms with Gasteiger partial charge < -0.3 is 14.8 Å². The van der Waals surface area contributed by atoms with Crippen molar-refractivity contribution in [2.75, 3.05) is 13.7 Å². The Morgan fingerprint density at radius 2 is 1.73 bits per heavy atom. The van der Waals surface area contributed by atoms with Gasteiger partial charge in [-0.1, -0.05) is 42.5 Å². The summed E-state index contributed by atoms with van der Waals surface area (Å²) in [4.78, 5) is 24.0. The largest absolute Gasteiger partial charge is 0.497 e. The monoisotopic (exact) mass is 349 g/mol. The van der Waals surface area contributed by atoms with E-state index in [0.29, 0.717) is 12.1 Å². The minimum Gasteiger partial charge on any atom is -0.497 e. The van der Waals surface area contributed by atoms with Gasteiger partial charge in [0.05, 0.1) is 12.7 Å². The summed E-state index contributed by atoms with van der Waals surface area (Å²) in [5, 5.41) is 4.71. The number of carbonyl (C=O) groups is 2. The van der Waals surface area contributed by atoms with Crippen molar-refractivity contribution in [2.24, 2.45) is 0 Å². The van der Waals surface area contributed by atoms with Crippen molar-refractivity contribution in [2.45, 2.75) is 6.54 Å². The van der Waals surface area contributed by atoms with Gasteiger partial charge in [0.25, 0.3) is 5.91 Å². The maximum absolute atomic E-state index is 12.1. The number of esters is 1. The molecule has 0 aromatic heterocycles. The molecule has 5 nitrogen and oxygen atoms in total. The number of rotatable bonds is 6. The van der Waals surface area contributed by atoms with Crippen LogP contribution in [0, 0.1) is 0 Å². The van der Waals surface area contributed by atoms with Gasteiger partial charge in [0.15, 0.2) is 6.61 Å². The number of fused-ring (bicyclic) bond motifs is 1. The minimum atomic E-state index is -0.521. The van der Waals surface area contributed by atoms with Gasteiger partial charge in [0.1, 0.15) is 5.75 Å². The average molecular weight is 349 g/mol. The van der Waals surface area contributed by atoms with E-state index in [4.69, 9.17) is 9.47 Å². The summed E-state index contributed by atoms with van der Waals surface area (Å²) in [5.74, 6) is -0.159. The number of carbonyl (C=O) groups excluding carboxylic acids is 2. The van der Waals surface area contributed by atoms with Gasteiger partial charge in [-0.3, -0.25) is 4.79 Å². The molecule has 3 rings (SSSR count). The molecule has 0 aliphatic carbocycles. The minimum absolute atomic E-state index is 0.324. The van der Waals surface area contributed by atoms with Gasteiger partial charge in [-0.15, -0.1) is 0 Å². The summed E-state index contributed by atoms with van der Waals surface area (Å²) < 4.78 is 10.2. The Labute approximate surface area is 151 Å². The number of ether oxygens (including phenoxy) is 2. The van der Waals surface area contributed by atoms with Crippen LogP contribution in [0.3, 0.4) is 0 Å². The van der Waals surface area contributed by atoms with E-state index >= 15 is 0 Å². The van der Waals surface area contributed by atoms with Crippen molar-refractivity contribution >= 4 is 22.6 Å². The average Bonchev–Trinajstić information content (AvgIpc) is 2.70. The summed E-state index contributed by atoms with van der Waals surface area (Å²) in [7, 11) is 1.59. The molecule has 0 atom stereocenters. The zero-order valence-electron chi connectivity index (χ0n) is 14.4. The second-order valence-electron chi connectivity index (χ2n) is 5.77. The Hall–Kier alpha value is -3.34. The van der Waals surface area contributed by atoms with Gasteiger partial charge >= 0.3 is 5.97 Å². The molecule has 0 aliphatic rings. The molecule has 0 fully saturated rings. The topological polar surface area (TPSA) is 64.6 Å². The van der Waals surface area contributed by atoms with E-state index in [1.54, 1.807) is 19.2 Å². The third-order valence-corrected chi connectivity index (χ3v) is 3.94. The van der Waals surface area contributed by atoms with Crippen molar-refractivity contribution in [3.8, 4) is 5.75 Å². The fourth-order valence-electron chi connectivity index (χ4n) is 2.56. The molecule has 132 valence electrons. The number of methoxy groups -OCH3 is 1. The first-order valence-corrected chi connectivity index (χ1v) is 8.21. The van der Waals surface area contributed by atoms with E-state index in [-0.39, 0.29) is 12.5 Å². The smallest absolute Gasteiger partial charge is 0.338 e. The predicted octanol–water partition coefficient (Wildman–Crippen LogP) is 3.32. The highest BCUT2D eigenvalue weighted by atomic mass is 16.5. The van der Waals surface area contributed by atoms with Gasteiger partial charge in [0, 0.05) is 6.54 Å². The fourth-order valence-corrected chi connectivity index (χ4v) is 2.56. The van der Waals surface area contributed by atoms with E-state index in [1.807, 2.05) is 54.6 Å². The molecule has 3 aromatic carbocycles. The lowest BCUT2D eigenvalue weighted by Gasteiger charge is -2.08. The molecule has 5 heteroatoms. The third-order valence-electron chi connectivity index (χ3n) is 3.94. The first-order chi connectivity index (χ1) is 12.7. The Bertz CT molecular complexity index is 936. The standard InChI is InChI=1S/C21H19NO4/c1-25-19-8-4-5-15(11-19)13-22-20(23)14-26-21(24)18-10-9-16-6-2-3-7-17(16)12-18/h2-12H,13-14H2,1H3,(H,22,23). The SMILES string of the molecule is COc1cccc(CNC(=O)COC(=O)c2ccc3ccccc3c2)c1. The molecule has 0 spiro atoms. The van der Waals surface area contributed by atoms with Crippen LogP contribution in [0.15, 0.2) is 66.7 Å². The van der Waals surface area contributed by atoms with E-state index in [2.05, 4.69) is 5.32 Å². The Morgan fingerprint density at radius 1 is 0.923 bits per heavy atom. The summed E-state index contributed by atoms with van der Waals surface area (Å²) in [6.07, 6.45) is 0. The van der Waals surface area contributed by atoms with Gasteiger partial charge in [-0.25, -0.2) is 4.79 Å². The van der Waals surface area contributed by atoms with Crippen LogP contribution in [0.2, 0.25) is 0 Å². The number of amides is 1. The first kappa shape index (κ1) is 17.5. The number of nitrogens with one attached hydrogen (secondary N) is 1.